The standard InChI is InChI=1S/C9H9FO3.C2H6/c1-5-3-6(9(12)13-2)4-7(10)8(5)11;1-2/h3-4,11H,1-2H3;1-2H3. The van der Waals surface area contributed by atoms with Gasteiger partial charge in [-0.3, -0.25) is 0 Å². The first kappa shape index (κ1) is 13.4. The third-order valence-corrected chi connectivity index (χ3v) is 1.68. The van der Waals surface area contributed by atoms with Crippen molar-refractivity contribution < 1.29 is 19.0 Å². The van der Waals surface area contributed by atoms with Crippen LogP contribution in [0.4, 0.5) is 4.39 Å². The van der Waals surface area contributed by atoms with Crippen molar-refractivity contribution >= 4 is 5.97 Å². The average Bonchev–Trinajstić information content (AvgIpc) is 2.26. The lowest BCUT2D eigenvalue weighted by molar-refractivity contribution is 0.0600. The van der Waals surface area contributed by atoms with Gasteiger partial charge in [-0.1, -0.05) is 13.8 Å². The number of methoxy groups -OCH3 is 1. The molecule has 0 unspecified atom stereocenters. The van der Waals surface area contributed by atoms with E-state index in [0.29, 0.717) is 5.56 Å². The molecule has 0 saturated carbocycles. The summed E-state index contributed by atoms with van der Waals surface area (Å²) in [5, 5.41) is 9.06. The largest absolute Gasteiger partial charge is 0.505 e. The van der Waals surface area contributed by atoms with E-state index in [2.05, 4.69) is 4.74 Å². The highest BCUT2D eigenvalue weighted by molar-refractivity contribution is 5.89. The molecule has 3 nitrogen and oxygen atoms in total. The highest BCUT2D eigenvalue weighted by Crippen LogP contribution is 2.22. The topological polar surface area (TPSA) is 46.5 Å². The fraction of sp³-hybridized carbons (Fsp3) is 0.364. The molecule has 0 bridgehead atoms. The summed E-state index contributed by atoms with van der Waals surface area (Å²) in [6.45, 7) is 5.50. The van der Waals surface area contributed by atoms with Crippen LogP contribution >= 0.6 is 0 Å². The van der Waals surface area contributed by atoms with Crippen molar-refractivity contribution in [1.82, 2.24) is 0 Å². The quantitative estimate of drug-likeness (QED) is 0.731. The van der Waals surface area contributed by atoms with Gasteiger partial charge in [0.05, 0.1) is 12.7 Å². The van der Waals surface area contributed by atoms with Crippen molar-refractivity contribution in [3.05, 3.63) is 29.1 Å². The molecule has 84 valence electrons. The summed E-state index contributed by atoms with van der Waals surface area (Å²) in [4.78, 5) is 11.0. The molecular weight excluding hydrogens is 199 g/mol. The number of ether oxygens (including phenoxy) is 1. The Hall–Kier alpha value is -1.58. The van der Waals surface area contributed by atoms with Gasteiger partial charge in [0.25, 0.3) is 0 Å². The fourth-order valence-corrected chi connectivity index (χ4v) is 0.972. The van der Waals surface area contributed by atoms with Gasteiger partial charge in [-0.2, -0.15) is 0 Å². The van der Waals surface area contributed by atoms with Crippen LogP contribution in [0.1, 0.15) is 29.8 Å². The van der Waals surface area contributed by atoms with Crippen molar-refractivity contribution in [3.63, 3.8) is 0 Å². The summed E-state index contributed by atoms with van der Waals surface area (Å²) in [6.07, 6.45) is 0. The maximum Gasteiger partial charge on any atom is 0.337 e. The van der Waals surface area contributed by atoms with Crippen molar-refractivity contribution in [2.24, 2.45) is 0 Å². The lowest BCUT2D eigenvalue weighted by atomic mass is 10.1. The zero-order chi connectivity index (χ0) is 12.0. The molecule has 0 heterocycles. The molecule has 0 saturated heterocycles. The third-order valence-electron chi connectivity index (χ3n) is 1.68. The molecule has 1 aromatic rings. The maximum absolute atomic E-state index is 12.9. The SMILES string of the molecule is CC.COC(=O)c1cc(C)c(O)c(F)c1. The van der Waals surface area contributed by atoms with Gasteiger partial charge in [-0.15, -0.1) is 0 Å². The Kier molecular flexibility index (Phi) is 5.37. The second-order valence-corrected chi connectivity index (χ2v) is 2.62. The van der Waals surface area contributed by atoms with E-state index < -0.39 is 17.5 Å². The summed E-state index contributed by atoms with van der Waals surface area (Å²) in [7, 11) is 1.21. The second kappa shape index (κ2) is 6.01. The third kappa shape index (κ3) is 3.23. The van der Waals surface area contributed by atoms with Gasteiger partial charge in [-0.05, 0) is 24.6 Å². The van der Waals surface area contributed by atoms with Gasteiger partial charge < -0.3 is 9.84 Å². The number of aromatic hydroxyl groups is 1. The number of phenols is 1. The van der Waals surface area contributed by atoms with E-state index in [1.165, 1.54) is 20.1 Å². The molecule has 0 aliphatic heterocycles. The molecule has 1 aromatic carbocycles. The molecule has 1 rings (SSSR count). The van der Waals surface area contributed by atoms with Gasteiger partial charge >= 0.3 is 5.97 Å². The Labute approximate surface area is 88.5 Å². The summed E-state index contributed by atoms with van der Waals surface area (Å²) >= 11 is 0. The number of phenolic OH excluding ortho intramolecular Hbond substituents is 1. The zero-order valence-corrected chi connectivity index (χ0v) is 9.30. The molecule has 4 heteroatoms. The van der Waals surface area contributed by atoms with Gasteiger partial charge in [-0.25, -0.2) is 9.18 Å². The second-order valence-electron chi connectivity index (χ2n) is 2.62. The molecule has 0 amide bonds. The van der Waals surface area contributed by atoms with Crippen molar-refractivity contribution in [2.45, 2.75) is 20.8 Å². The number of hydrogen-bond acceptors (Lipinski definition) is 3. The minimum absolute atomic E-state index is 0.0929. The monoisotopic (exact) mass is 214 g/mol. The summed E-state index contributed by atoms with van der Waals surface area (Å²) in [5.41, 5.74) is 0.399. The van der Waals surface area contributed by atoms with E-state index in [-0.39, 0.29) is 5.56 Å². The average molecular weight is 214 g/mol. The van der Waals surface area contributed by atoms with E-state index in [9.17, 15) is 9.18 Å². The number of carbonyl (C=O) groups excluding carboxylic acids is 1. The molecule has 15 heavy (non-hydrogen) atoms. The minimum Gasteiger partial charge on any atom is -0.505 e. The minimum atomic E-state index is -0.819. The van der Waals surface area contributed by atoms with Crippen LogP contribution < -0.4 is 0 Å². The first-order valence-corrected chi connectivity index (χ1v) is 4.63. The lowest BCUT2D eigenvalue weighted by Gasteiger charge is -2.03. The van der Waals surface area contributed by atoms with E-state index in [1.807, 2.05) is 13.8 Å². The number of hydrogen-bond donors (Lipinski definition) is 1. The molecule has 0 spiro atoms. The molecule has 0 radical (unpaired) electrons. The number of esters is 1. The molecule has 0 atom stereocenters. The zero-order valence-electron chi connectivity index (χ0n) is 9.30. The van der Waals surface area contributed by atoms with Crippen molar-refractivity contribution in [2.75, 3.05) is 7.11 Å². The van der Waals surface area contributed by atoms with Crippen LogP contribution in [0, 0.1) is 12.7 Å². The van der Waals surface area contributed by atoms with E-state index in [0.717, 1.165) is 6.07 Å². The van der Waals surface area contributed by atoms with Gasteiger partial charge in [0.15, 0.2) is 11.6 Å². The maximum atomic E-state index is 12.9. The van der Waals surface area contributed by atoms with Gasteiger partial charge in [0.2, 0.25) is 0 Å². The molecule has 0 aromatic heterocycles. The smallest absolute Gasteiger partial charge is 0.337 e. The predicted molar refractivity (Wildman–Crippen MR) is 55.5 cm³/mol. The van der Waals surface area contributed by atoms with Crippen LogP contribution in [0.3, 0.4) is 0 Å². The lowest BCUT2D eigenvalue weighted by Crippen LogP contribution is -2.02. The molecule has 0 aliphatic rings. The normalized spacial score (nSPS) is 8.87. The summed E-state index contributed by atoms with van der Waals surface area (Å²) in [5.74, 6) is -1.88. The summed E-state index contributed by atoms with van der Waals surface area (Å²) in [6, 6.07) is 2.30. The number of benzene rings is 1. The Morgan fingerprint density at radius 2 is 1.93 bits per heavy atom. The molecule has 0 fully saturated rings. The highest BCUT2D eigenvalue weighted by Gasteiger charge is 2.11. The number of halogens is 1. The molecule has 0 aliphatic carbocycles. The Bertz CT molecular complexity index is 325. The van der Waals surface area contributed by atoms with Crippen LogP contribution in [0.15, 0.2) is 12.1 Å². The van der Waals surface area contributed by atoms with Crippen LogP contribution in [-0.4, -0.2) is 18.2 Å². The van der Waals surface area contributed by atoms with Crippen molar-refractivity contribution in [3.8, 4) is 5.75 Å². The van der Waals surface area contributed by atoms with Gasteiger partial charge in [0.1, 0.15) is 0 Å². The van der Waals surface area contributed by atoms with Crippen molar-refractivity contribution in [1.29, 1.82) is 0 Å². The van der Waals surface area contributed by atoms with E-state index in [1.54, 1.807) is 0 Å². The van der Waals surface area contributed by atoms with E-state index >= 15 is 0 Å². The molecule has 1 N–H and O–H groups in total. The first-order chi connectivity index (χ1) is 7.06. The van der Waals surface area contributed by atoms with Crippen LogP contribution in [0.2, 0.25) is 0 Å². The highest BCUT2D eigenvalue weighted by atomic mass is 19.1. The van der Waals surface area contributed by atoms with E-state index in [4.69, 9.17) is 5.11 Å². The molecular formula is C11H15FO3. The van der Waals surface area contributed by atoms with Gasteiger partial charge in [0, 0.05) is 0 Å². The summed E-state index contributed by atoms with van der Waals surface area (Å²) < 4.78 is 17.3. The Balaban J connectivity index is 0.000000921. The predicted octanol–water partition coefficient (Wildman–Crippen LogP) is 2.65. The Morgan fingerprint density at radius 3 is 2.33 bits per heavy atom. The Morgan fingerprint density at radius 1 is 1.40 bits per heavy atom. The fourth-order valence-electron chi connectivity index (χ4n) is 0.972. The van der Waals surface area contributed by atoms with Crippen LogP contribution in [-0.2, 0) is 4.74 Å². The first-order valence-electron chi connectivity index (χ1n) is 4.63. The van der Waals surface area contributed by atoms with Crippen LogP contribution in [0.25, 0.3) is 0 Å². The number of aryl methyl sites for hydroxylation is 1. The number of rotatable bonds is 1. The number of carbonyl (C=O) groups is 1. The van der Waals surface area contributed by atoms with Crippen LogP contribution in [0.5, 0.6) is 5.75 Å².